The highest BCUT2D eigenvalue weighted by Crippen LogP contribution is 2.29. The van der Waals surface area contributed by atoms with Crippen molar-refractivity contribution in [3.63, 3.8) is 0 Å². The van der Waals surface area contributed by atoms with Crippen LogP contribution < -0.4 is 10.6 Å². The first-order valence-electron chi connectivity index (χ1n) is 5.71. The average Bonchev–Trinajstić information content (AvgIpc) is 2.69. The van der Waals surface area contributed by atoms with Gasteiger partial charge in [0, 0.05) is 25.8 Å². The van der Waals surface area contributed by atoms with Crippen molar-refractivity contribution in [1.82, 2.24) is 4.98 Å². The Labute approximate surface area is 112 Å². The molecule has 7 heteroatoms. The molecule has 1 fully saturated rings. The lowest BCUT2D eigenvalue weighted by Crippen LogP contribution is -2.33. The molecule has 0 radical (unpaired) electrons. The molecule has 2 heterocycles. The molecule has 1 aromatic heterocycles. The molecule has 1 saturated heterocycles. The number of rotatable bonds is 3. The monoisotopic (exact) mass is 289 g/mol. The summed E-state index contributed by atoms with van der Waals surface area (Å²) < 4.78 is 23.0. The van der Waals surface area contributed by atoms with Gasteiger partial charge >= 0.3 is 0 Å². The number of pyridine rings is 1. The van der Waals surface area contributed by atoms with Crippen molar-refractivity contribution in [3.8, 4) is 0 Å². The van der Waals surface area contributed by atoms with E-state index in [1.54, 1.807) is 12.3 Å². The van der Waals surface area contributed by atoms with E-state index < -0.39 is 9.84 Å². The van der Waals surface area contributed by atoms with E-state index >= 15 is 0 Å². The highest BCUT2D eigenvalue weighted by molar-refractivity contribution is 7.91. The zero-order chi connectivity index (χ0) is 13.3. The predicted molar refractivity (Wildman–Crippen MR) is 72.6 cm³/mol. The van der Waals surface area contributed by atoms with E-state index in [0.29, 0.717) is 23.8 Å². The summed E-state index contributed by atoms with van der Waals surface area (Å²) in [6.45, 7) is 0.338. The van der Waals surface area contributed by atoms with E-state index in [-0.39, 0.29) is 17.5 Å². The number of anilines is 1. The van der Waals surface area contributed by atoms with Crippen molar-refractivity contribution in [3.05, 3.63) is 22.8 Å². The lowest BCUT2D eigenvalue weighted by molar-refractivity contribution is 0.600. The molecule has 0 saturated carbocycles. The van der Waals surface area contributed by atoms with Crippen LogP contribution in [0.3, 0.4) is 0 Å². The van der Waals surface area contributed by atoms with Gasteiger partial charge in [0.05, 0.1) is 16.5 Å². The van der Waals surface area contributed by atoms with Gasteiger partial charge in [0.2, 0.25) is 0 Å². The molecule has 1 aromatic rings. The smallest absolute Gasteiger partial charge is 0.152 e. The summed E-state index contributed by atoms with van der Waals surface area (Å²) in [7, 11) is -1.09. The molecule has 1 aliphatic heterocycles. The van der Waals surface area contributed by atoms with E-state index in [1.165, 1.54) is 0 Å². The van der Waals surface area contributed by atoms with Crippen molar-refractivity contribution in [2.75, 3.05) is 23.5 Å². The van der Waals surface area contributed by atoms with Gasteiger partial charge < -0.3 is 10.6 Å². The maximum atomic E-state index is 11.5. The van der Waals surface area contributed by atoms with E-state index in [4.69, 9.17) is 17.3 Å². The van der Waals surface area contributed by atoms with Crippen molar-refractivity contribution in [2.24, 2.45) is 5.73 Å². The molecule has 18 heavy (non-hydrogen) atoms. The number of sulfone groups is 1. The van der Waals surface area contributed by atoms with Crippen LogP contribution in [0.15, 0.2) is 12.3 Å². The van der Waals surface area contributed by atoms with Gasteiger partial charge in [0.1, 0.15) is 5.82 Å². The first-order valence-corrected chi connectivity index (χ1v) is 7.91. The van der Waals surface area contributed by atoms with Crippen LogP contribution in [-0.2, 0) is 16.4 Å². The van der Waals surface area contributed by atoms with Crippen molar-refractivity contribution in [1.29, 1.82) is 0 Å². The van der Waals surface area contributed by atoms with Gasteiger partial charge in [-0.05, 0) is 18.1 Å². The second kappa shape index (κ2) is 5.03. The number of nitrogens with two attached hydrogens (primary N) is 1. The maximum Gasteiger partial charge on any atom is 0.152 e. The Morgan fingerprint density at radius 2 is 2.33 bits per heavy atom. The molecule has 2 N–H and O–H groups in total. The van der Waals surface area contributed by atoms with Crippen LogP contribution in [0.5, 0.6) is 0 Å². The lowest BCUT2D eigenvalue weighted by Gasteiger charge is -2.25. The normalized spacial score (nSPS) is 22.1. The van der Waals surface area contributed by atoms with Gasteiger partial charge in [-0.2, -0.15) is 0 Å². The minimum atomic E-state index is -2.91. The molecule has 1 aliphatic rings. The quantitative estimate of drug-likeness (QED) is 0.891. The highest BCUT2D eigenvalue weighted by atomic mass is 35.5. The summed E-state index contributed by atoms with van der Waals surface area (Å²) in [5.41, 5.74) is 6.40. The van der Waals surface area contributed by atoms with Gasteiger partial charge in [-0.3, -0.25) is 0 Å². The summed E-state index contributed by atoms with van der Waals surface area (Å²) in [5, 5.41) is 0.506. The fraction of sp³-hybridized carbons (Fsp3) is 0.545. The summed E-state index contributed by atoms with van der Waals surface area (Å²) in [5.74, 6) is 0.992. The average molecular weight is 290 g/mol. The van der Waals surface area contributed by atoms with Gasteiger partial charge in [-0.25, -0.2) is 13.4 Å². The third-order valence-corrected chi connectivity index (χ3v) is 5.42. The Kier molecular flexibility index (Phi) is 3.79. The zero-order valence-electron chi connectivity index (χ0n) is 10.1. The van der Waals surface area contributed by atoms with E-state index in [2.05, 4.69) is 4.98 Å². The zero-order valence-corrected chi connectivity index (χ0v) is 11.7. The second-order valence-electron chi connectivity index (χ2n) is 4.48. The number of halogens is 1. The minimum Gasteiger partial charge on any atom is -0.354 e. The minimum absolute atomic E-state index is 0.0620. The standard InChI is InChI=1S/C11H16ClN3O2S/c1-15(9-3-5-18(16,17)7-9)11-10(12)8(6-13)2-4-14-11/h2,4,9H,3,5-7,13H2,1H3. The molecular weight excluding hydrogens is 274 g/mol. The molecule has 0 amide bonds. The van der Waals surface area contributed by atoms with E-state index in [9.17, 15) is 8.42 Å². The molecule has 0 aromatic carbocycles. The molecule has 1 unspecified atom stereocenters. The van der Waals surface area contributed by atoms with Crippen LogP contribution in [0.4, 0.5) is 5.82 Å². The molecule has 0 spiro atoms. The second-order valence-corrected chi connectivity index (χ2v) is 7.09. The van der Waals surface area contributed by atoms with E-state index in [1.807, 2.05) is 11.9 Å². The summed E-state index contributed by atoms with van der Waals surface area (Å²) in [6.07, 6.45) is 2.26. The topological polar surface area (TPSA) is 76.3 Å². The fourth-order valence-corrected chi connectivity index (χ4v) is 4.23. The van der Waals surface area contributed by atoms with Crippen LogP contribution in [0, 0.1) is 0 Å². The van der Waals surface area contributed by atoms with Crippen molar-refractivity contribution < 1.29 is 8.42 Å². The van der Waals surface area contributed by atoms with E-state index in [0.717, 1.165) is 5.56 Å². The van der Waals surface area contributed by atoms with Crippen LogP contribution in [0.2, 0.25) is 5.02 Å². The van der Waals surface area contributed by atoms with Gasteiger partial charge in [-0.1, -0.05) is 11.6 Å². The fourth-order valence-electron chi connectivity index (χ4n) is 2.13. The first kappa shape index (κ1) is 13.6. The number of hydrogen-bond acceptors (Lipinski definition) is 5. The number of aromatic nitrogens is 1. The maximum absolute atomic E-state index is 11.5. The highest BCUT2D eigenvalue weighted by Gasteiger charge is 2.32. The first-order chi connectivity index (χ1) is 8.44. The summed E-state index contributed by atoms with van der Waals surface area (Å²) in [6, 6.07) is 1.71. The Morgan fingerprint density at radius 3 is 2.89 bits per heavy atom. The summed E-state index contributed by atoms with van der Waals surface area (Å²) >= 11 is 6.22. The third-order valence-electron chi connectivity index (χ3n) is 3.26. The third kappa shape index (κ3) is 2.60. The summed E-state index contributed by atoms with van der Waals surface area (Å²) in [4.78, 5) is 6.06. The Morgan fingerprint density at radius 1 is 1.61 bits per heavy atom. The largest absolute Gasteiger partial charge is 0.354 e. The number of nitrogens with zero attached hydrogens (tertiary/aromatic N) is 2. The van der Waals surface area contributed by atoms with Gasteiger partial charge in [0.15, 0.2) is 9.84 Å². The number of hydrogen-bond donors (Lipinski definition) is 1. The van der Waals surface area contributed by atoms with Crippen LogP contribution >= 0.6 is 11.6 Å². The molecule has 0 aliphatic carbocycles. The molecule has 2 rings (SSSR count). The Bertz CT molecular complexity index is 547. The van der Waals surface area contributed by atoms with Crippen molar-refractivity contribution in [2.45, 2.75) is 19.0 Å². The van der Waals surface area contributed by atoms with Gasteiger partial charge in [-0.15, -0.1) is 0 Å². The van der Waals surface area contributed by atoms with Crippen LogP contribution in [-0.4, -0.2) is 38.0 Å². The van der Waals surface area contributed by atoms with Crippen molar-refractivity contribution >= 4 is 27.3 Å². The van der Waals surface area contributed by atoms with Crippen LogP contribution in [0.25, 0.3) is 0 Å². The molecule has 0 bridgehead atoms. The molecule has 1 atom stereocenters. The molecular formula is C11H16ClN3O2S. The SMILES string of the molecule is CN(c1nccc(CN)c1Cl)C1CCS(=O)(=O)C1. The Balaban J connectivity index is 2.27. The Hall–Kier alpha value is -0.850. The molecule has 5 nitrogen and oxygen atoms in total. The molecule has 100 valence electrons. The predicted octanol–water partition coefficient (Wildman–Crippen LogP) is 0.817. The van der Waals surface area contributed by atoms with Gasteiger partial charge in [0.25, 0.3) is 0 Å². The van der Waals surface area contributed by atoms with Crippen LogP contribution in [0.1, 0.15) is 12.0 Å². The lowest BCUT2D eigenvalue weighted by atomic mass is 10.2.